The van der Waals surface area contributed by atoms with Crippen LogP contribution in [0, 0.1) is 0 Å². The summed E-state index contributed by atoms with van der Waals surface area (Å²) in [7, 11) is 2.26. The summed E-state index contributed by atoms with van der Waals surface area (Å²) < 4.78 is 0. The van der Waals surface area contributed by atoms with Crippen LogP contribution in [0.5, 0.6) is 5.75 Å². The minimum atomic E-state index is 0.301. The van der Waals surface area contributed by atoms with Crippen molar-refractivity contribution in [3.05, 3.63) is 29.3 Å². The lowest BCUT2D eigenvalue weighted by molar-refractivity contribution is 0.205. The fraction of sp³-hybridized carbons (Fsp3) is 0.625. The van der Waals surface area contributed by atoms with Gasteiger partial charge < -0.3 is 10.0 Å². The lowest BCUT2D eigenvalue weighted by Crippen LogP contribution is -2.44. The maximum atomic E-state index is 9.84. The van der Waals surface area contributed by atoms with Crippen LogP contribution in [0.1, 0.15) is 43.7 Å². The number of hydrogen-bond donors (Lipinski definition) is 1. The van der Waals surface area contributed by atoms with Gasteiger partial charge in [0.1, 0.15) is 5.75 Å². The first-order chi connectivity index (χ1) is 8.67. The zero-order valence-electron chi connectivity index (χ0n) is 11.4. The lowest BCUT2D eigenvalue weighted by Gasteiger charge is -2.43. The monoisotopic (exact) mass is 245 g/mol. The largest absolute Gasteiger partial charge is 0.508 e. The van der Waals surface area contributed by atoms with E-state index in [1.807, 2.05) is 12.1 Å². The minimum Gasteiger partial charge on any atom is -0.508 e. The number of hydrogen-bond acceptors (Lipinski definition) is 2. The number of aromatic hydroxyl groups is 1. The highest BCUT2D eigenvalue weighted by Gasteiger charge is 2.49. The van der Waals surface area contributed by atoms with Gasteiger partial charge in [0, 0.05) is 11.5 Å². The third-order valence-corrected chi connectivity index (χ3v) is 5.09. The Morgan fingerprint density at radius 1 is 1.44 bits per heavy atom. The van der Waals surface area contributed by atoms with Crippen molar-refractivity contribution < 1.29 is 5.11 Å². The first-order valence-electron chi connectivity index (χ1n) is 7.20. The van der Waals surface area contributed by atoms with Gasteiger partial charge in [-0.15, -0.1) is 0 Å². The lowest BCUT2D eigenvalue weighted by atomic mass is 9.64. The second kappa shape index (κ2) is 4.27. The SMILES string of the molecule is CCCC12CCN(C)C1CCc1ccc(O)cc12. The number of fused-ring (bicyclic) bond motifs is 3. The Morgan fingerprint density at radius 2 is 2.28 bits per heavy atom. The molecule has 1 aromatic rings. The van der Waals surface area contributed by atoms with E-state index >= 15 is 0 Å². The molecule has 2 heteroatoms. The van der Waals surface area contributed by atoms with Crippen molar-refractivity contribution in [1.82, 2.24) is 4.90 Å². The van der Waals surface area contributed by atoms with Crippen molar-refractivity contribution >= 4 is 0 Å². The molecule has 0 amide bonds. The van der Waals surface area contributed by atoms with Crippen LogP contribution >= 0.6 is 0 Å². The summed E-state index contributed by atoms with van der Waals surface area (Å²) in [5, 5.41) is 9.84. The molecule has 2 nitrogen and oxygen atoms in total. The molecule has 1 heterocycles. The average molecular weight is 245 g/mol. The summed E-state index contributed by atoms with van der Waals surface area (Å²) in [5.74, 6) is 0.430. The normalized spacial score (nSPS) is 31.1. The number of rotatable bonds is 2. The standard InChI is InChI=1S/C16H23NO/c1-3-8-16-9-10-17(2)15(16)7-5-12-4-6-13(18)11-14(12)16/h4,6,11,15,18H,3,5,7-10H2,1-2H3. The van der Waals surface area contributed by atoms with E-state index in [0.717, 1.165) is 6.42 Å². The average Bonchev–Trinajstić information content (AvgIpc) is 2.68. The first-order valence-corrected chi connectivity index (χ1v) is 7.20. The third-order valence-electron chi connectivity index (χ3n) is 5.09. The van der Waals surface area contributed by atoms with Crippen LogP contribution in [0.25, 0.3) is 0 Å². The molecule has 98 valence electrons. The van der Waals surface area contributed by atoms with E-state index in [4.69, 9.17) is 0 Å². The Labute approximate surface area is 110 Å². The molecule has 1 fully saturated rings. The number of phenols is 1. The van der Waals surface area contributed by atoms with Crippen molar-refractivity contribution in [2.45, 2.75) is 50.5 Å². The molecule has 1 N–H and O–H groups in total. The molecule has 1 aromatic carbocycles. The Bertz CT molecular complexity index is 452. The summed E-state index contributed by atoms with van der Waals surface area (Å²) in [6.07, 6.45) is 6.15. The molecule has 0 spiro atoms. The zero-order chi connectivity index (χ0) is 12.8. The predicted octanol–water partition coefficient (Wildman–Crippen LogP) is 3.08. The number of likely N-dealkylation sites (tertiary alicyclic amines) is 1. The summed E-state index contributed by atoms with van der Waals surface area (Å²) >= 11 is 0. The van der Waals surface area contributed by atoms with Gasteiger partial charge in [-0.2, -0.15) is 0 Å². The molecule has 1 saturated heterocycles. The van der Waals surface area contributed by atoms with Crippen LogP contribution in [-0.2, 0) is 11.8 Å². The van der Waals surface area contributed by atoms with Crippen LogP contribution in [0.2, 0.25) is 0 Å². The fourth-order valence-electron chi connectivity index (χ4n) is 4.34. The molecule has 1 aliphatic carbocycles. The second-order valence-electron chi connectivity index (χ2n) is 6.03. The van der Waals surface area contributed by atoms with Crippen LogP contribution in [0.3, 0.4) is 0 Å². The van der Waals surface area contributed by atoms with Gasteiger partial charge >= 0.3 is 0 Å². The van der Waals surface area contributed by atoms with Gasteiger partial charge in [-0.3, -0.25) is 0 Å². The van der Waals surface area contributed by atoms with E-state index in [1.54, 1.807) is 0 Å². The van der Waals surface area contributed by atoms with Crippen molar-refractivity contribution in [3.8, 4) is 5.75 Å². The summed E-state index contributed by atoms with van der Waals surface area (Å²) in [5.41, 5.74) is 3.20. The van der Waals surface area contributed by atoms with Gasteiger partial charge in [0.25, 0.3) is 0 Å². The summed E-state index contributed by atoms with van der Waals surface area (Å²) in [6, 6.07) is 6.69. The van der Waals surface area contributed by atoms with E-state index in [0.29, 0.717) is 17.2 Å². The van der Waals surface area contributed by atoms with Crippen LogP contribution in [0.15, 0.2) is 18.2 Å². The van der Waals surface area contributed by atoms with E-state index in [-0.39, 0.29) is 0 Å². The zero-order valence-corrected chi connectivity index (χ0v) is 11.4. The van der Waals surface area contributed by atoms with E-state index < -0.39 is 0 Å². The smallest absolute Gasteiger partial charge is 0.115 e. The second-order valence-corrected chi connectivity index (χ2v) is 6.03. The van der Waals surface area contributed by atoms with Crippen molar-refractivity contribution in [2.24, 2.45) is 0 Å². The van der Waals surface area contributed by atoms with Crippen LogP contribution < -0.4 is 0 Å². The molecular weight excluding hydrogens is 222 g/mol. The highest BCUT2D eigenvalue weighted by molar-refractivity contribution is 5.44. The van der Waals surface area contributed by atoms with Gasteiger partial charge in [0.05, 0.1) is 0 Å². The Hall–Kier alpha value is -1.02. The molecule has 0 bridgehead atoms. The van der Waals surface area contributed by atoms with Gasteiger partial charge in [-0.05, 0) is 62.5 Å². The number of nitrogens with zero attached hydrogens (tertiary/aromatic N) is 1. The quantitative estimate of drug-likeness (QED) is 0.865. The number of aryl methyl sites for hydroxylation is 1. The van der Waals surface area contributed by atoms with Crippen LogP contribution in [0.4, 0.5) is 0 Å². The van der Waals surface area contributed by atoms with Gasteiger partial charge in [-0.1, -0.05) is 19.4 Å². The summed E-state index contributed by atoms with van der Waals surface area (Å²) in [4.78, 5) is 2.53. The number of benzene rings is 1. The molecule has 3 rings (SSSR count). The molecular formula is C16H23NO. The molecule has 18 heavy (non-hydrogen) atoms. The van der Waals surface area contributed by atoms with Crippen LogP contribution in [-0.4, -0.2) is 29.6 Å². The van der Waals surface area contributed by atoms with Crippen molar-refractivity contribution in [3.63, 3.8) is 0 Å². The highest BCUT2D eigenvalue weighted by atomic mass is 16.3. The Morgan fingerprint density at radius 3 is 3.06 bits per heavy atom. The maximum absolute atomic E-state index is 9.84. The van der Waals surface area contributed by atoms with Gasteiger partial charge in [-0.25, -0.2) is 0 Å². The molecule has 2 aliphatic rings. The molecule has 0 saturated carbocycles. The topological polar surface area (TPSA) is 23.5 Å². The maximum Gasteiger partial charge on any atom is 0.115 e. The number of likely N-dealkylation sites (N-methyl/N-ethyl adjacent to an activating group) is 1. The van der Waals surface area contributed by atoms with E-state index in [1.165, 1.54) is 43.4 Å². The van der Waals surface area contributed by atoms with Crippen molar-refractivity contribution in [1.29, 1.82) is 0 Å². The minimum absolute atomic E-state index is 0.301. The van der Waals surface area contributed by atoms with E-state index in [2.05, 4.69) is 24.9 Å². The molecule has 0 aromatic heterocycles. The third kappa shape index (κ3) is 1.58. The molecule has 2 unspecified atom stereocenters. The first kappa shape index (κ1) is 12.0. The van der Waals surface area contributed by atoms with Crippen molar-refractivity contribution in [2.75, 3.05) is 13.6 Å². The predicted molar refractivity (Wildman–Crippen MR) is 74.0 cm³/mol. The van der Waals surface area contributed by atoms with E-state index in [9.17, 15) is 5.11 Å². The highest BCUT2D eigenvalue weighted by Crippen LogP contribution is 2.49. The molecule has 2 atom stereocenters. The molecule has 1 aliphatic heterocycles. The Kier molecular flexibility index (Phi) is 2.86. The number of phenolic OH excluding ortho intramolecular Hbond substituents is 1. The summed E-state index contributed by atoms with van der Waals surface area (Å²) in [6.45, 7) is 3.47. The Balaban J connectivity index is 2.12. The molecule has 0 radical (unpaired) electrons. The van der Waals surface area contributed by atoms with Gasteiger partial charge in [0.2, 0.25) is 0 Å². The van der Waals surface area contributed by atoms with Gasteiger partial charge in [0.15, 0.2) is 0 Å². The fourth-order valence-corrected chi connectivity index (χ4v) is 4.34.